The Morgan fingerprint density at radius 2 is 2.58 bits per heavy atom. The van der Waals surface area contributed by atoms with Crippen LogP contribution in [0.1, 0.15) is 13.3 Å². The van der Waals surface area contributed by atoms with Gasteiger partial charge in [0.05, 0.1) is 16.2 Å². The zero-order valence-corrected chi connectivity index (χ0v) is 9.30. The molecular weight excluding hydrogens is 216 g/mol. The Hall–Kier alpha value is 0.260. The Morgan fingerprint density at radius 3 is 3.00 bits per heavy atom. The van der Waals surface area contributed by atoms with Crippen LogP contribution in [0.4, 0.5) is 0 Å². The molecule has 0 aromatic carbocycles. The summed E-state index contributed by atoms with van der Waals surface area (Å²) >= 11 is 7.41. The van der Waals surface area contributed by atoms with Crippen LogP contribution in [0.3, 0.4) is 0 Å². The van der Waals surface area contributed by atoms with Crippen LogP contribution < -0.4 is 5.43 Å². The molecule has 6 heteroatoms. The molecule has 1 aliphatic heterocycles. The van der Waals surface area contributed by atoms with E-state index in [0.717, 1.165) is 11.5 Å². The summed E-state index contributed by atoms with van der Waals surface area (Å²) in [5.74, 6) is 0. The van der Waals surface area contributed by atoms with Gasteiger partial charge in [0.2, 0.25) is 0 Å². The summed E-state index contributed by atoms with van der Waals surface area (Å²) in [6.07, 6.45) is 2.50. The molecule has 0 aromatic heterocycles. The standard InChI is InChI=1S/C6H11ClN2OS2/c1-3-4(7)5-8-9-6(11-5)12(2)10/h4,6,9H,3H2,1-2H3. The van der Waals surface area contributed by atoms with Crippen molar-refractivity contribution in [1.82, 2.24) is 5.43 Å². The van der Waals surface area contributed by atoms with E-state index in [0.29, 0.717) is 0 Å². The first-order chi connectivity index (χ1) is 5.65. The lowest BCUT2D eigenvalue weighted by Gasteiger charge is -2.05. The average Bonchev–Trinajstić information content (AvgIpc) is 2.51. The number of hydrogen-bond donors (Lipinski definition) is 1. The van der Waals surface area contributed by atoms with Gasteiger partial charge in [-0.3, -0.25) is 9.63 Å². The maximum absolute atomic E-state index is 11.0. The molecule has 0 saturated heterocycles. The largest absolute Gasteiger partial charge is 0.283 e. The van der Waals surface area contributed by atoms with E-state index in [1.807, 2.05) is 6.92 Å². The Kier molecular flexibility index (Phi) is 3.86. The second kappa shape index (κ2) is 4.48. The molecule has 0 amide bonds. The number of nitrogens with zero attached hydrogens (tertiary/aromatic N) is 1. The molecule has 0 bridgehead atoms. The van der Waals surface area contributed by atoms with E-state index >= 15 is 0 Å². The summed E-state index contributed by atoms with van der Waals surface area (Å²) in [7, 11) is -0.901. The van der Waals surface area contributed by atoms with Crippen molar-refractivity contribution in [2.45, 2.75) is 23.4 Å². The molecule has 3 atom stereocenters. The van der Waals surface area contributed by atoms with Crippen molar-refractivity contribution in [3.05, 3.63) is 0 Å². The molecule has 1 rings (SSSR count). The number of halogens is 1. The maximum Gasteiger partial charge on any atom is 0.169 e. The van der Waals surface area contributed by atoms with Crippen LogP contribution >= 0.6 is 23.4 Å². The van der Waals surface area contributed by atoms with E-state index in [4.69, 9.17) is 11.6 Å². The van der Waals surface area contributed by atoms with Gasteiger partial charge in [-0.25, -0.2) is 0 Å². The highest BCUT2D eigenvalue weighted by atomic mass is 35.5. The molecule has 1 N–H and O–H groups in total. The minimum atomic E-state index is -0.901. The van der Waals surface area contributed by atoms with Gasteiger partial charge >= 0.3 is 0 Å². The van der Waals surface area contributed by atoms with Gasteiger partial charge in [-0.05, 0) is 6.42 Å². The van der Waals surface area contributed by atoms with Gasteiger partial charge in [-0.2, -0.15) is 5.10 Å². The highest BCUT2D eigenvalue weighted by molar-refractivity contribution is 8.22. The molecule has 12 heavy (non-hydrogen) atoms. The molecule has 0 spiro atoms. The second-order valence-electron chi connectivity index (χ2n) is 2.40. The number of rotatable bonds is 3. The summed E-state index contributed by atoms with van der Waals surface area (Å²) in [6, 6.07) is 0. The quantitative estimate of drug-likeness (QED) is 0.738. The molecule has 0 saturated carbocycles. The smallest absolute Gasteiger partial charge is 0.169 e. The second-order valence-corrected chi connectivity index (χ2v) is 5.82. The fourth-order valence-corrected chi connectivity index (χ4v) is 2.73. The van der Waals surface area contributed by atoms with E-state index in [1.165, 1.54) is 11.8 Å². The van der Waals surface area contributed by atoms with Gasteiger partial charge < -0.3 is 0 Å². The molecular formula is C6H11ClN2OS2. The molecule has 1 heterocycles. The van der Waals surface area contributed by atoms with Crippen molar-refractivity contribution in [2.75, 3.05) is 6.26 Å². The number of alkyl halides is 1. The van der Waals surface area contributed by atoms with Crippen LogP contribution in [-0.4, -0.2) is 25.6 Å². The minimum absolute atomic E-state index is 0.0453. The fourth-order valence-electron chi connectivity index (χ4n) is 0.739. The Morgan fingerprint density at radius 1 is 1.92 bits per heavy atom. The molecule has 70 valence electrons. The minimum Gasteiger partial charge on any atom is -0.283 e. The van der Waals surface area contributed by atoms with Crippen molar-refractivity contribution in [3.8, 4) is 0 Å². The predicted octanol–water partition coefficient (Wildman–Crippen LogP) is 1.32. The van der Waals surface area contributed by atoms with Gasteiger partial charge in [0.1, 0.15) is 5.04 Å². The topological polar surface area (TPSA) is 41.5 Å². The molecule has 0 aliphatic carbocycles. The van der Waals surface area contributed by atoms with Gasteiger partial charge in [0.25, 0.3) is 0 Å². The van der Waals surface area contributed by atoms with Crippen LogP contribution in [-0.2, 0) is 10.8 Å². The summed E-state index contributed by atoms with van der Waals surface area (Å²) < 4.78 is 10.9. The van der Waals surface area contributed by atoms with E-state index < -0.39 is 10.8 Å². The predicted molar refractivity (Wildman–Crippen MR) is 55.9 cm³/mol. The number of thioether (sulfide) groups is 1. The summed E-state index contributed by atoms with van der Waals surface area (Å²) in [6.45, 7) is 2.00. The fraction of sp³-hybridized carbons (Fsp3) is 0.833. The Bertz CT molecular complexity index is 222. The van der Waals surface area contributed by atoms with Crippen LogP contribution in [0.25, 0.3) is 0 Å². The lowest BCUT2D eigenvalue weighted by molar-refractivity contribution is 0.677. The molecule has 3 unspecified atom stereocenters. The molecule has 3 nitrogen and oxygen atoms in total. The van der Waals surface area contributed by atoms with E-state index in [1.54, 1.807) is 6.26 Å². The van der Waals surface area contributed by atoms with E-state index in [9.17, 15) is 4.21 Å². The van der Waals surface area contributed by atoms with Crippen LogP contribution in [0, 0.1) is 0 Å². The van der Waals surface area contributed by atoms with Crippen LogP contribution in [0.2, 0.25) is 0 Å². The monoisotopic (exact) mass is 226 g/mol. The molecule has 0 fully saturated rings. The first-order valence-electron chi connectivity index (χ1n) is 3.61. The maximum atomic E-state index is 11.0. The number of hydrazone groups is 1. The van der Waals surface area contributed by atoms with Gasteiger partial charge in [-0.1, -0.05) is 18.7 Å². The summed E-state index contributed by atoms with van der Waals surface area (Å²) in [5.41, 5.74) is 2.79. The zero-order valence-electron chi connectivity index (χ0n) is 6.91. The van der Waals surface area contributed by atoms with Gasteiger partial charge in [0, 0.05) is 6.26 Å². The van der Waals surface area contributed by atoms with E-state index in [2.05, 4.69) is 10.5 Å². The highest BCUT2D eigenvalue weighted by Crippen LogP contribution is 2.24. The van der Waals surface area contributed by atoms with Crippen LogP contribution in [0.15, 0.2) is 5.10 Å². The average molecular weight is 227 g/mol. The Balaban J connectivity index is 2.48. The summed E-state index contributed by atoms with van der Waals surface area (Å²) in [5, 5.41) is 4.82. The SMILES string of the molecule is CCC(Cl)C1=NNC(S(C)=O)S1. The Labute approximate surface area is 83.8 Å². The molecule has 0 aromatic rings. The lowest BCUT2D eigenvalue weighted by atomic mass is 10.3. The first kappa shape index (κ1) is 10.3. The van der Waals surface area contributed by atoms with Crippen molar-refractivity contribution in [2.24, 2.45) is 5.10 Å². The first-order valence-corrected chi connectivity index (χ1v) is 6.55. The van der Waals surface area contributed by atoms with Crippen molar-refractivity contribution < 1.29 is 4.21 Å². The normalized spacial score (nSPS) is 27.6. The van der Waals surface area contributed by atoms with E-state index in [-0.39, 0.29) is 10.1 Å². The number of hydrogen-bond acceptors (Lipinski definition) is 4. The molecule has 1 aliphatic rings. The number of nitrogens with one attached hydrogen (secondary N) is 1. The third kappa shape index (κ3) is 2.37. The highest BCUT2D eigenvalue weighted by Gasteiger charge is 2.25. The van der Waals surface area contributed by atoms with Gasteiger partial charge in [0.15, 0.2) is 4.71 Å². The van der Waals surface area contributed by atoms with Gasteiger partial charge in [-0.15, -0.1) is 11.6 Å². The van der Waals surface area contributed by atoms with Crippen LogP contribution in [0.5, 0.6) is 0 Å². The lowest BCUT2D eigenvalue weighted by Crippen LogP contribution is -2.20. The van der Waals surface area contributed by atoms with Crippen molar-refractivity contribution >= 4 is 39.2 Å². The summed E-state index contributed by atoms with van der Waals surface area (Å²) in [4.78, 5) is 0. The third-order valence-corrected chi connectivity index (χ3v) is 4.83. The molecule has 0 radical (unpaired) electrons. The van der Waals surface area contributed by atoms with Crippen molar-refractivity contribution in [1.29, 1.82) is 0 Å². The third-order valence-electron chi connectivity index (χ3n) is 1.44. The zero-order chi connectivity index (χ0) is 9.14. The van der Waals surface area contributed by atoms with Crippen molar-refractivity contribution in [3.63, 3.8) is 0 Å².